The smallest absolute Gasteiger partial charge is 0.471 e. The van der Waals surface area contributed by atoms with Crippen molar-refractivity contribution >= 4 is 45.3 Å². The molecular weight excluding hydrogens is 389 g/mol. The molecule has 0 aliphatic carbocycles. The molecule has 0 saturated carbocycles. The Balaban J connectivity index is 4.15. The van der Waals surface area contributed by atoms with Crippen LogP contribution in [0.5, 0.6) is 0 Å². The van der Waals surface area contributed by atoms with Crippen molar-refractivity contribution in [3.8, 4) is 0 Å². The molecule has 0 bridgehead atoms. The normalized spacial score (nSPS) is 13.6. The van der Waals surface area contributed by atoms with E-state index in [2.05, 4.69) is 5.32 Å². The minimum Gasteiger partial charge on any atom is -0.480 e. The van der Waals surface area contributed by atoms with Gasteiger partial charge in [-0.2, -0.15) is 13.2 Å². The van der Waals surface area contributed by atoms with Crippen LogP contribution in [0.3, 0.4) is 0 Å². The van der Waals surface area contributed by atoms with E-state index in [1.54, 1.807) is 0 Å². The lowest BCUT2D eigenvalue weighted by atomic mass is 10.2. The highest BCUT2D eigenvalue weighted by Gasteiger charge is 2.40. The summed E-state index contributed by atoms with van der Waals surface area (Å²) >= 11 is 0. The van der Waals surface area contributed by atoms with Crippen LogP contribution in [0, 0.1) is 0 Å². The number of carboxylic acids is 2. The Morgan fingerprint density at radius 1 is 0.920 bits per heavy atom. The molecule has 4 N–H and O–H groups in total. The second-order valence-electron chi connectivity index (χ2n) is 4.67. The molecular formula is C12H17F3N2O6S2. The molecule has 0 fully saturated rings. The summed E-state index contributed by atoms with van der Waals surface area (Å²) < 4.78 is 36.3. The van der Waals surface area contributed by atoms with Crippen LogP contribution in [0.4, 0.5) is 13.2 Å². The molecule has 0 aliphatic rings. The molecule has 0 aromatic carbocycles. The van der Waals surface area contributed by atoms with E-state index in [9.17, 15) is 32.3 Å². The monoisotopic (exact) mass is 406 g/mol. The lowest BCUT2D eigenvalue weighted by Crippen LogP contribution is -2.47. The van der Waals surface area contributed by atoms with Gasteiger partial charge in [0.2, 0.25) is 5.91 Å². The van der Waals surface area contributed by atoms with Gasteiger partial charge in [0.05, 0.1) is 0 Å². The quantitative estimate of drug-likeness (QED) is 0.293. The SMILES string of the molecule is CC(=O)NC(CCSSCCC(NC(=O)C(F)(F)F)C(=O)O)C(=O)O. The van der Waals surface area contributed by atoms with E-state index >= 15 is 0 Å². The third kappa shape index (κ3) is 10.8. The highest BCUT2D eigenvalue weighted by molar-refractivity contribution is 8.76. The number of rotatable bonds is 11. The fraction of sp³-hybridized carbons (Fsp3) is 0.667. The van der Waals surface area contributed by atoms with Crippen molar-refractivity contribution in [2.24, 2.45) is 0 Å². The molecule has 0 aliphatic heterocycles. The maximum Gasteiger partial charge on any atom is 0.471 e. The summed E-state index contributed by atoms with van der Waals surface area (Å²) in [4.78, 5) is 43.3. The number of carbonyl (C=O) groups excluding carboxylic acids is 2. The summed E-state index contributed by atoms with van der Waals surface area (Å²) in [6.45, 7) is 1.18. The van der Waals surface area contributed by atoms with Gasteiger partial charge in [0.15, 0.2) is 0 Å². The van der Waals surface area contributed by atoms with Crippen LogP contribution in [0.15, 0.2) is 0 Å². The van der Waals surface area contributed by atoms with Crippen LogP contribution in [0.25, 0.3) is 0 Å². The second-order valence-corrected chi connectivity index (χ2v) is 7.38. The van der Waals surface area contributed by atoms with E-state index in [1.165, 1.54) is 23.0 Å². The first kappa shape index (κ1) is 23.4. The van der Waals surface area contributed by atoms with Crippen LogP contribution >= 0.6 is 21.6 Å². The fourth-order valence-electron chi connectivity index (χ4n) is 1.45. The zero-order chi connectivity index (χ0) is 19.6. The van der Waals surface area contributed by atoms with Crippen molar-refractivity contribution in [3.63, 3.8) is 0 Å². The molecule has 0 aromatic rings. The van der Waals surface area contributed by atoms with Gasteiger partial charge < -0.3 is 20.8 Å². The molecule has 0 rings (SSSR count). The number of halogens is 3. The summed E-state index contributed by atoms with van der Waals surface area (Å²) in [6, 6.07) is -2.73. The third-order valence-corrected chi connectivity index (χ3v) is 5.07. The van der Waals surface area contributed by atoms with E-state index in [-0.39, 0.29) is 18.6 Å². The number of nitrogens with one attached hydrogen (secondary N) is 2. The van der Waals surface area contributed by atoms with Gasteiger partial charge in [-0.1, -0.05) is 21.6 Å². The van der Waals surface area contributed by atoms with Crippen molar-refractivity contribution in [3.05, 3.63) is 0 Å². The molecule has 2 unspecified atom stereocenters. The summed E-state index contributed by atoms with van der Waals surface area (Å²) in [5.74, 6) is -5.15. The van der Waals surface area contributed by atoms with E-state index in [1.807, 2.05) is 0 Å². The molecule has 2 atom stereocenters. The second kappa shape index (κ2) is 11.1. The van der Waals surface area contributed by atoms with Crippen molar-refractivity contribution in [1.82, 2.24) is 10.6 Å². The molecule has 0 radical (unpaired) electrons. The van der Waals surface area contributed by atoms with Gasteiger partial charge in [-0.05, 0) is 12.8 Å². The lowest BCUT2D eigenvalue weighted by Gasteiger charge is -2.15. The molecule has 0 saturated heterocycles. The topological polar surface area (TPSA) is 133 Å². The van der Waals surface area contributed by atoms with Gasteiger partial charge in [-0.25, -0.2) is 9.59 Å². The number of hydrogen-bond donors (Lipinski definition) is 4. The first-order chi connectivity index (χ1) is 11.4. The summed E-state index contributed by atoms with van der Waals surface area (Å²) in [5.41, 5.74) is 0. The number of aliphatic carboxylic acids is 2. The molecule has 144 valence electrons. The predicted molar refractivity (Wildman–Crippen MR) is 85.0 cm³/mol. The Labute approximate surface area is 148 Å². The predicted octanol–water partition coefficient (Wildman–Crippen LogP) is 0.869. The number of hydrogen-bond acceptors (Lipinski definition) is 6. The Bertz CT molecular complexity index is 504. The van der Waals surface area contributed by atoms with Gasteiger partial charge in [-0.15, -0.1) is 0 Å². The highest BCUT2D eigenvalue weighted by atomic mass is 33.1. The van der Waals surface area contributed by atoms with Crippen LogP contribution < -0.4 is 10.6 Å². The molecule has 25 heavy (non-hydrogen) atoms. The summed E-state index contributed by atoms with van der Waals surface area (Å²) in [6.07, 6.45) is -5.27. The lowest BCUT2D eigenvalue weighted by molar-refractivity contribution is -0.175. The van der Waals surface area contributed by atoms with E-state index in [4.69, 9.17) is 10.2 Å². The van der Waals surface area contributed by atoms with Gasteiger partial charge in [0.25, 0.3) is 0 Å². The van der Waals surface area contributed by atoms with E-state index < -0.39 is 42.0 Å². The molecule has 8 nitrogen and oxygen atoms in total. The van der Waals surface area contributed by atoms with Crippen molar-refractivity contribution in [1.29, 1.82) is 0 Å². The highest BCUT2D eigenvalue weighted by Crippen LogP contribution is 2.24. The maximum atomic E-state index is 12.1. The van der Waals surface area contributed by atoms with Gasteiger partial charge >= 0.3 is 24.0 Å². The first-order valence-electron chi connectivity index (χ1n) is 6.80. The first-order valence-corrected chi connectivity index (χ1v) is 9.28. The van der Waals surface area contributed by atoms with Crippen molar-refractivity contribution in [2.75, 3.05) is 11.5 Å². The molecule has 0 spiro atoms. The van der Waals surface area contributed by atoms with Crippen LogP contribution in [0.1, 0.15) is 19.8 Å². The largest absolute Gasteiger partial charge is 0.480 e. The number of amides is 2. The minimum absolute atomic E-state index is 0.123. The summed E-state index contributed by atoms with van der Waals surface area (Å²) in [7, 11) is 2.30. The molecule has 2 amide bonds. The van der Waals surface area contributed by atoms with Crippen LogP contribution in [-0.2, 0) is 19.2 Å². The van der Waals surface area contributed by atoms with Gasteiger partial charge in [-0.3, -0.25) is 9.59 Å². The van der Waals surface area contributed by atoms with E-state index in [0.717, 1.165) is 10.8 Å². The Morgan fingerprint density at radius 3 is 1.64 bits per heavy atom. The van der Waals surface area contributed by atoms with Crippen LogP contribution in [-0.4, -0.2) is 63.7 Å². The van der Waals surface area contributed by atoms with E-state index in [0.29, 0.717) is 5.75 Å². The Kier molecular flexibility index (Phi) is 10.4. The van der Waals surface area contributed by atoms with Crippen LogP contribution in [0.2, 0.25) is 0 Å². The molecule has 0 heterocycles. The Hall–Kier alpha value is -1.63. The van der Waals surface area contributed by atoms with Crippen molar-refractivity contribution in [2.45, 2.75) is 38.0 Å². The maximum absolute atomic E-state index is 12.1. The average molecular weight is 406 g/mol. The molecule has 13 heteroatoms. The minimum atomic E-state index is -5.16. The summed E-state index contributed by atoms with van der Waals surface area (Å²) in [5, 5.41) is 21.3. The zero-order valence-electron chi connectivity index (χ0n) is 13.0. The van der Waals surface area contributed by atoms with Gasteiger partial charge in [0, 0.05) is 18.4 Å². The average Bonchev–Trinajstić information content (AvgIpc) is 2.45. The number of carbonyl (C=O) groups is 4. The zero-order valence-corrected chi connectivity index (χ0v) is 14.6. The van der Waals surface area contributed by atoms with Gasteiger partial charge in [0.1, 0.15) is 12.1 Å². The molecule has 0 aromatic heterocycles. The number of alkyl halides is 3. The van der Waals surface area contributed by atoms with Crippen molar-refractivity contribution < 1.29 is 42.6 Å². The third-order valence-electron chi connectivity index (χ3n) is 2.60. The standard InChI is InChI=1S/C12H17F3N2O6S2/c1-6(18)16-7(9(19)20)2-4-24-25-5-3-8(10(21)22)17-11(23)12(13,14)15/h7-8H,2-5H2,1H3,(H,16,18)(H,17,23)(H,19,20)(H,21,22). The Morgan fingerprint density at radius 2 is 1.32 bits per heavy atom. The number of carboxylic acid groups (broad SMARTS) is 2. The fourth-order valence-corrected chi connectivity index (χ4v) is 3.63.